The first-order valence-corrected chi connectivity index (χ1v) is 7.36. The average molecular weight is 278 g/mol. The minimum Gasteiger partial charge on any atom is -0.396 e. The lowest BCUT2D eigenvalue weighted by molar-refractivity contribution is 0.289. The fourth-order valence-corrected chi connectivity index (χ4v) is 2.60. The first kappa shape index (κ1) is 14.0. The van der Waals surface area contributed by atoms with Gasteiger partial charge >= 0.3 is 0 Å². The molecule has 1 aromatic heterocycles. The summed E-state index contributed by atoms with van der Waals surface area (Å²) in [5, 5.41) is 21.1. The molecule has 0 saturated heterocycles. The number of hydrogen-bond donors (Lipinski definition) is 1. The third kappa shape index (κ3) is 4.33. The molecule has 0 aliphatic carbocycles. The summed E-state index contributed by atoms with van der Waals surface area (Å²) in [4.78, 5) is 0. The molecule has 0 amide bonds. The topological polar surface area (TPSA) is 63.8 Å². The molecule has 0 bridgehead atoms. The molecule has 1 atom stereocenters. The van der Waals surface area contributed by atoms with Crippen molar-refractivity contribution >= 4 is 11.8 Å². The normalized spacial score (nSPS) is 12.5. The summed E-state index contributed by atoms with van der Waals surface area (Å²) >= 11 is 1.76. The third-order valence-corrected chi connectivity index (χ3v) is 4.04. The predicted molar refractivity (Wildman–Crippen MR) is 75.8 cm³/mol. The van der Waals surface area contributed by atoms with E-state index < -0.39 is 0 Å². The Labute approximate surface area is 117 Å². The predicted octanol–water partition coefficient (Wildman–Crippen LogP) is 1.73. The Hall–Kier alpha value is -1.40. The van der Waals surface area contributed by atoms with E-state index in [1.54, 1.807) is 11.8 Å². The van der Waals surface area contributed by atoms with Crippen molar-refractivity contribution in [3.8, 4) is 0 Å². The van der Waals surface area contributed by atoms with Crippen molar-refractivity contribution in [1.29, 1.82) is 0 Å². The van der Waals surface area contributed by atoms with Crippen LogP contribution in [0.3, 0.4) is 0 Å². The van der Waals surface area contributed by atoms with E-state index in [4.69, 9.17) is 5.11 Å². The van der Waals surface area contributed by atoms with Gasteiger partial charge in [0.05, 0.1) is 12.3 Å². The van der Waals surface area contributed by atoms with Gasteiger partial charge in [0.2, 0.25) is 0 Å². The van der Waals surface area contributed by atoms with Crippen LogP contribution < -0.4 is 0 Å². The molecule has 0 spiro atoms. The summed E-state index contributed by atoms with van der Waals surface area (Å²) in [5.74, 6) is 1.64. The standard InChI is InChI=1S/C13H18N4OS/c1-11(7-8-18)19-10-13-14-15-16-17(13)9-12-5-3-2-4-6-12/h2-6,11,18H,7-10H2,1H3. The van der Waals surface area contributed by atoms with Crippen molar-refractivity contribution in [3.63, 3.8) is 0 Å². The Bertz CT molecular complexity index is 488. The highest BCUT2D eigenvalue weighted by molar-refractivity contribution is 7.99. The second-order valence-corrected chi connectivity index (χ2v) is 5.80. The van der Waals surface area contributed by atoms with Crippen LogP contribution in [0.25, 0.3) is 0 Å². The lowest BCUT2D eigenvalue weighted by atomic mass is 10.2. The quantitative estimate of drug-likeness (QED) is 0.835. The monoisotopic (exact) mass is 278 g/mol. The first-order valence-electron chi connectivity index (χ1n) is 6.31. The smallest absolute Gasteiger partial charge is 0.161 e. The fraction of sp³-hybridized carbons (Fsp3) is 0.462. The maximum absolute atomic E-state index is 8.88. The van der Waals surface area contributed by atoms with Gasteiger partial charge in [0.1, 0.15) is 0 Å². The van der Waals surface area contributed by atoms with Gasteiger partial charge in [0.15, 0.2) is 5.82 Å². The first-order chi connectivity index (χ1) is 9.29. The Kier molecular flexibility index (Phi) is 5.35. The van der Waals surface area contributed by atoms with E-state index in [0.29, 0.717) is 11.8 Å². The highest BCUT2D eigenvalue weighted by Crippen LogP contribution is 2.18. The second kappa shape index (κ2) is 7.25. The van der Waals surface area contributed by atoms with Gasteiger partial charge in [0.25, 0.3) is 0 Å². The van der Waals surface area contributed by atoms with Crippen LogP contribution in [0.2, 0.25) is 0 Å². The van der Waals surface area contributed by atoms with Crippen molar-refractivity contribution in [2.24, 2.45) is 0 Å². The molecule has 1 unspecified atom stereocenters. The van der Waals surface area contributed by atoms with Crippen LogP contribution in [-0.4, -0.2) is 37.2 Å². The summed E-state index contributed by atoms with van der Waals surface area (Å²) in [6.45, 7) is 3.02. The van der Waals surface area contributed by atoms with Crippen molar-refractivity contribution in [3.05, 3.63) is 41.7 Å². The fourth-order valence-electron chi connectivity index (χ4n) is 1.69. The Morgan fingerprint density at radius 3 is 2.84 bits per heavy atom. The zero-order chi connectivity index (χ0) is 13.5. The zero-order valence-electron chi connectivity index (χ0n) is 10.9. The number of aliphatic hydroxyl groups is 1. The number of tetrazole rings is 1. The zero-order valence-corrected chi connectivity index (χ0v) is 11.8. The van der Waals surface area contributed by atoms with Crippen LogP contribution in [0.5, 0.6) is 0 Å². The minimum absolute atomic E-state index is 0.225. The molecule has 102 valence electrons. The van der Waals surface area contributed by atoms with Gasteiger partial charge < -0.3 is 5.11 Å². The van der Waals surface area contributed by atoms with Gasteiger partial charge in [-0.05, 0) is 22.4 Å². The van der Waals surface area contributed by atoms with Crippen molar-refractivity contribution in [2.45, 2.75) is 30.9 Å². The molecule has 2 aromatic rings. The van der Waals surface area contributed by atoms with Crippen LogP contribution in [0.4, 0.5) is 0 Å². The van der Waals surface area contributed by atoms with Crippen LogP contribution in [-0.2, 0) is 12.3 Å². The van der Waals surface area contributed by atoms with Crippen molar-refractivity contribution < 1.29 is 5.11 Å². The van der Waals surface area contributed by atoms with Crippen molar-refractivity contribution in [2.75, 3.05) is 6.61 Å². The number of aromatic nitrogens is 4. The molecule has 0 saturated carbocycles. The summed E-state index contributed by atoms with van der Waals surface area (Å²) in [5.41, 5.74) is 1.18. The summed E-state index contributed by atoms with van der Waals surface area (Å²) < 4.78 is 1.83. The van der Waals surface area contributed by atoms with Crippen LogP contribution >= 0.6 is 11.8 Å². The van der Waals surface area contributed by atoms with Crippen LogP contribution in [0.1, 0.15) is 24.7 Å². The summed E-state index contributed by atoms with van der Waals surface area (Å²) in [6.07, 6.45) is 0.797. The van der Waals surface area contributed by atoms with Gasteiger partial charge in [-0.25, -0.2) is 4.68 Å². The van der Waals surface area contributed by atoms with E-state index in [-0.39, 0.29) is 6.61 Å². The van der Waals surface area contributed by atoms with Gasteiger partial charge in [-0.1, -0.05) is 37.3 Å². The van der Waals surface area contributed by atoms with Crippen LogP contribution in [0.15, 0.2) is 30.3 Å². The van der Waals surface area contributed by atoms with E-state index >= 15 is 0 Å². The number of rotatable bonds is 7. The van der Waals surface area contributed by atoms with E-state index in [1.807, 2.05) is 22.9 Å². The number of benzene rings is 1. The third-order valence-electron chi connectivity index (χ3n) is 2.81. The minimum atomic E-state index is 0.225. The highest BCUT2D eigenvalue weighted by Gasteiger charge is 2.09. The van der Waals surface area contributed by atoms with Gasteiger partial charge in [-0.3, -0.25) is 0 Å². The molecule has 1 heterocycles. The van der Waals surface area contributed by atoms with Crippen LogP contribution in [0, 0.1) is 0 Å². The summed E-state index contributed by atoms with van der Waals surface area (Å²) in [6, 6.07) is 10.1. The molecule has 5 nitrogen and oxygen atoms in total. The lowest BCUT2D eigenvalue weighted by Crippen LogP contribution is -2.08. The molecular formula is C13H18N4OS. The van der Waals surface area contributed by atoms with Gasteiger partial charge in [0, 0.05) is 11.9 Å². The number of thioether (sulfide) groups is 1. The number of hydrogen-bond acceptors (Lipinski definition) is 5. The molecule has 0 fully saturated rings. The molecule has 19 heavy (non-hydrogen) atoms. The average Bonchev–Trinajstić information content (AvgIpc) is 2.85. The number of nitrogens with zero attached hydrogens (tertiary/aromatic N) is 4. The maximum atomic E-state index is 8.88. The van der Waals surface area contributed by atoms with E-state index in [2.05, 4.69) is 34.6 Å². The molecule has 1 aromatic carbocycles. The Morgan fingerprint density at radius 1 is 1.32 bits per heavy atom. The molecule has 0 radical (unpaired) electrons. The lowest BCUT2D eigenvalue weighted by Gasteiger charge is -2.09. The molecule has 6 heteroatoms. The van der Waals surface area contributed by atoms with E-state index in [1.165, 1.54) is 5.56 Å². The Balaban J connectivity index is 1.94. The van der Waals surface area contributed by atoms with E-state index in [9.17, 15) is 0 Å². The molecule has 1 N–H and O–H groups in total. The maximum Gasteiger partial charge on any atom is 0.161 e. The largest absolute Gasteiger partial charge is 0.396 e. The van der Waals surface area contributed by atoms with E-state index in [0.717, 1.165) is 18.0 Å². The molecule has 0 aliphatic heterocycles. The second-order valence-electron chi connectivity index (χ2n) is 4.37. The molecule has 0 aliphatic rings. The van der Waals surface area contributed by atoms with Gasteiger partial charge in [-0.2, -0.15) is 11.8 Å². The highest BCUT2D eigenvalue weighted by atomic mass is 32.2. The molecule has 2 rings (SSSR count). The number of aliphatic hydroxyl groups excluding tert-OH is 1. The SMILES string of the molecule is CC(CCO)SCc1nnnn1Cc1ccccc1. The summed E-state index contributed by atoms with van der Waals surface area (Å²) in [7, 11) is 0. The van der Waals surface area contributed by atoms with Crippen molar-refractivity contribution in [1.82, 2.24) is 20.2 Å². The molecular weight excluding hydrogens is 260 g/mol. The Morgan fingerprint density at radius 2 is 2.11 bits per heavy atom. The van der Waals surface area contributed by atoms with Gasteiger partial charge in [-0.15, -0.1) is 5.10 Å².